The van der Waals surface area contributed by atoms with Crippen molar-refractivity contribution in [3.63, 3.8) is 0 Å². The van der Waals surface area contributed by atoms with Gasteiger partial charge in [-0.2, -0.15) is 0 Å². The second-order valence-electron chi connectivity index (χ2n) is 6.83. The van der Waals surface area contributed by atoms with Crippen molar-refractivity contribution in [3.05, 3.63) is 71.0 Å². The third-order valence-corrected chi connectivity index (χ3v) is 4.86. The molecule has 2 aromatic carbocycles. The van der Waals surface area contributed by atoms with Gasteiger partial charge in [-0.1, -0.05) is 30.3 Å². The number of nitrogens with zero attached hydrogens (tertiary/aromatic N) is 2. The lowest BCUT2D eigenvalue weighted by Crippen LogP contribution is -2.17. The minimum Gasteiger partial charge on any atom is -0.508 e. The second kappa shape index (κ2) is 7.19. The number of hydrogen-bond donors (Lipinski definition) is 2. The summed E-state index contributed by atoms with van der Waals surface area (Å²) in [7, 11) is 0. The van der Waals surface area contributed by atoms with Gasteiger partial charge in [0.1, 0.15) is 5.75 Å². The zero-order chi connectivity index (χ0) is 18.8. The van der Waals surface area contributed by atoms with Crippen LogP contribution in [-0.2, 0) is 24.1 Å². The summed E-state index contributed by atoms with van der Waals surface area (Å²) in [5.41, 5.74) is 5.65. The lowest BCUT2D eigenvalue weighted by molar-refractivity contribution is -0.116. The lowest BCUT2D eigenvalue weighted by Gasteiger charge is -2.20. The standard InChI is InChI=1S/C22H21N3O2/c1-14-22(25-20(27)12-7-15-5-3-2-4-6-15)24-19-11-8-16-13-17(26)9-10-18(16)21(19)23-14/h2-6,9-10,13,26H,7-8,11-12H2,1H3,(H,24,25,27). The molecule has 5 nitrogen and oxygen atoms in total. The smallest absolute Gasteiger partial charge is 0.225 e. The summed E-state index contributed by atoms with van der Waals surface area (Å²) in [5.74, 6) is 0.746. The van der Waals surface area contributed by atoms with E-state index in [0.717, 1.165) is 40.9 Å². The maximum absolute atomic E-state index is 12.3. The van der Waals surface area contributed by atoms with E-state index in [1.807, 2.05) is 43.3 Å². The van der Waals surface area contributed by atoms with E-state index < -0.39 is 0 Å². The first-order valence-corrected chi connectivity index (χ1v) is 9.14. The average Bonchev–Trinajstić information content (AvgIpc) is 2.67. The largest absolute Gasteiger partial charge is 0.508 e. The van der Waals surface area contributed by atoms with Crippen LogP contribution in [0.5, 0.6) is 5.75 Å². The number of aromatic nitrogens is 2. The highest BCUT2D eigenvalue weighted by Crippen LogP contribution is 2.34. The van der Waals surface area contributed by atoms with Crippen molar-refractivity contribution in [1.29, 1.82) is 0 Å². The number of anilines is 1. The van der Waals surface area contributed by atoms with Crippen LogP contribution in [0.25, 0.3) is 11.3 Å². The van der Waals surface area contributed by atoms with Crippen LogP contribution in [0.15, 0.2) is 48.5 Å². The fourth-order valence-electron chi connectivity index (χ4n) is 3.43. The molecule has 27 heavy (non-hydrogen) atoms. The van der Waals surface area contributed by atoms with Gasteiger partial charge in [0, 0.05) is 12.0 Å². The molecule has 1 aliphatic rings. The Morgan fingerprint density at radius 2 is 1.93 bits per heavy atom. The van der Waals surface area contributed by atoms with Gasteiger partial charge in [-0.25, -0.2) is 9.97 Å². The Hall–Kier alpha value is -3.21. The maximum Gasteiger partial charge on any atom is 0.225 e. The number of hydrogen-bond acceptors (Lipinski definition) is 4. The molecular weight excluding hydrogens is 338 g/mol. The molecule has 0 saturated carbocycles. The number of carbonyl (C=O) groups is 1. The van der Waals surface area contributed by atoms with Crippen molar-refractivity contribution >= 4 is 11.7 Å². The topological polar surface area (TPSA) is 75.1 Å². The summed E-state index contributed by atoms with van der Waals surface area (Å²) in [6.45, 7) is 1.86. The van der Waals surface area contributed by atoms with Crippen molar-refractivity contribution in [3.8, 4) is 17.0 Å². The first-order chi connectivity index (χ1) is 13.1. The minimum atomic E-state index is -0.0580. The van der Waals surface area contributed by atoms with Crippen LogP contribution in [0.3, 0.4) is 0 Å². The van der Waals surface area contributed by atoms with E-state index in [4.69, 9.17) is 4.98 Å². The van der Waals surface area contributed by atoms with E-state index in [2.05, 4.69) is 10.3 Å². The van der Waals surface area contributed by atoms with Crippen LogP contribution in [0, 0.1) is 6.92 Å². The molecule has 0 aliphatic heterocycles. The number of amides is 1. The van der Waals surface area contributed by atoms with Gasteiger partial charge in [0.05, 0.1) is 17.1 Å². The van der Waals surface area contributed by atoms with Crippen LogP contribution in [0.4, 0.5) is 5.82 Å². The van der Waals surface area contributed by atoms with Gasteiger partial charge >= 0.3 is 0 Å². The number of nitrogens with one attached hydrogen (secondary N) is 1. The molecule has 136 valence electrons. The van der Waals surface area contributed by atoms with Crippen molar-refractivity contribution in [1.82, 2.24) is 9.97 Å². The van der Waals surface area contributed by atoms with E-state index in [-0.39, 0.29) is 11.7 Å². The Morgan fingerprint density at radius 1 is 1.11 bits per heavy atom. The molecule has 0 spiro atoms. The Balaban J connectivity index is 1.52. The number of aryl methyl sites for hydroxylation is 4. The lowest BCUT2D eigenvalue weighted by atomic mass is 9.91. The highest BCUT2D eigenvalue weighted by Gasteiger charge is 2.21. The summed E-state index contributed by atoms with van der Waals surface area (Å²) in [5, 5.41) is 12.6. The Labute approximate surface area is 158 Å². The molecule has 1 aromatic heterocycles. The van der Waals surface area contributed by atoms with E-state index in [1.54, 1.807) is 12.1 Å². The van der Waals surface area contributed by atoms with E-state index >= 15 is 0 Å². The van der Waals surface area contributed by atoms with Gasteiger partial charge in [-0.3, -0.25) is 4.79 Å². The highest BCUT2D eigenvalue weighted by atomic mass is 16.3. The summed E-state index contributed by atoms with van der Waals surface area (Å²) >= 11 is 0. The fourth-order valence-corrected chi connectivity index (χ4v) is 3.43. The summed E-state index contributed by atoms with van der Waals surface area (Å²) < 4.78 is 0. The Kier molecular flexibility index (Phi) is 4.59. The van der Waals surface area contributed by atoms with Gasteiger partial charge < -0.3 is 10.4 Å². The maximum atomic E-state index is 12.3. The van der Waals surface area contributed by atoms with Gasteiger partial charge in [0.15, 0.2) is 5.82 Å². The molecule has 4 rings (SSSR count). The van der Waals surface area contributed by atoms with Gasteiger partial charge in [-0.05, 0) is 55.5 Å². The molecule has 0 unspecified atom stereocenters. The molecule has 1 aliphatic carbocycles. The van der Waals surface area contributed by atoms with Crippen LogP contribution in [-0.4, -0.2) is 21.0 Å². The van der Waals surface area contributed by atoms with E-state index in [9.17, 15) is 9.90 Å². The molecule has 3 aromatic rings. The molecule has 5 heteroatoms. The normalized spacial score (nSPS) is 12.2. The van der Waals surface area contributed by atoms with Gasteiger partial charge in [0.2, 0.25) is 5.91 Å². The predicted molar refractivity (Wildman–Crippen MR) is 105 cm³/mol. The number of rotatable bonds is 4. The number of phenols is 1. The molecule has 0 bridgehead atoms. The highest BCUT2D eigenvalue weighted by molar-refractivity contribution is 5.90. The average molecular weight is 359 g/mol. The number of carbonyl (C=O) groups excluding carboxylic acids is 1. The Bertz CT molecular complexity index is 1000. The predicted octanol–water partition coefficient (Wildman–Crippen LogP) is 3.83. The van der Waals surface area contributed by atoms with Gasteiger partial charge in [0.25, 0.3) is 0 Å². The first kappa shape index (κ1) is 17.2. The molecule has 1 heterocycles. The zero-order valence-electron chi connectivity index (χ0n) is 15.2. The molecule has 2 N–H and O–H groups in total. The minimum absolute atomic E-state index is 0.0580. The third-order valence-electron chi connectivity index (χ3n) is 4.86. The van der Waals surface area contributed by atoms with Crippen molar-refractivity contribution in [2.75, 3.05) is 5.32 Å². The van der Waals surface area contributed by atoms with Crippen molar-refractivity contribution < 1.29 is 9.90 Å². The zero-order valence-corrected chi connectivity index (χ0v) is 15.2. The van der Waals surface area contributed by atoms with Crippen molar-refractivity contribution in [2.24, 2.45) is 0 Å². The van der Waals surface area contributed by atoms with E-state index in [0.29, 0.717) is 24.4 Å². The molecule has 1 amide bonds. The molecule has 0 radical (unpaired) electrons. The number of phenolic OH excluding ortho intramolecular Hbond substituents is 1. The SMILES string of the molecule is Cc1nc2c(nc1NC(=O)CCc1ccccc1)CCc1cc(O)ccc1-2. The number of benzene rings is 2. The molecule has 0 saturated heterocycles. The number of fused-ring (bicyclic) bond motifs is 3. The Morgan fingerprint density at radius 3 is 2.74 bits per heavy atom. The van der Waals surface area contributed by atoms with Gasteiger partial charge in [-0.15, -0.1) is 0 Å². The summed E-state index contributed by atoms with van der Waals surface area (Å²) in [6.07, 6.45) is 2.65. The van der Waals surface area contributed by atoms with Crippen LogP contribution < -0.4 is 5.32 Å². The van der Waals surface area contributed by atoms with Crippen LogP contribution in [0.1, 0.15) is 28.9 Å². The third kappa shape index (κ3) is 3.67. The molecule has 0 fully saturated rings. The fraction of sp³-hybridized carbons (Fsp3) is 0.227. The van der Waals surface area contributed by atoms with Crippen molar-refractivity contribution in [2.45, 2.75) is 32.6 Å². The molecular formula is C22H21N3O2. The van der Waals surface area contributed by atoms with E-state index in [1.165, 1.54) is 0 Å². The number of aromatic hydroxyl groups is 1. The monoisotopic (exact) mass is 359 g/mol. The second-order valence-corrected chi connectivity index (χ2v) is 6.83. The van der Waals surface area contributed by atoms with Crippen LogP contribution >= 0.6 is 0 Å². The first-order valence-electron chi connectivity index (χ1n) is 9.14. The summed E-state index contributed by atoms with van der Waals surface area (Å²) in [4.78, 5) is 21.7. The summed E-state index contributed by atoms with van der Waals surface area (Å²) in [6, 6.07) is 15.3. The van der Waals surface area contributed by atoms with Crippen LogP contribution in [0.2, 0.25) is 0 Å². The quantitative estimate of drug-likeness (QED) is 0.742. The molecule has 0 atom stereocenters.